The second-order valence-electron chi connectivity index (χ2n) is 4.03. The molecule has 0 atom stereocenters. The average molecular weight is 296 g/mol. The lowest BCUT2D eigenvalue weighted by molar-refractivity contribution is -0.128. The molecule has 0 aromatic carbocycles. The third kappa shape index (κ3) is 2.66. The van der Waals surface area contributed by atoms with Crippen LogP contribution in [-0.4, -0.2) is 28.9 Å². The molecule has 2 rings (SSSR count). The summed E-state index contributed by atoms with van der Waals surface area (Å²) in [5.74, 6) is 0.649. The zero-order valence-electron chi connectivity index (χ0n) is 9.61. The zero-order chi connectivity index (χ0) is 12.4. The van der Waals surface area contributed by atoms with E-state index in [1.807, 2.05) is 17.0 Å². The summed E-state index contributed by atoms with van der Waals surface area (Å²) in [6.45, 7) is 2.98. The highest BCUT2D eigenvalue weighted by Gasteiger charge is 2.16. The van der Waals surface area contributed by atoms with Gasteiger partial charge in [0.2, 0.25) is 5.91 Å². The van der Waals surface area contributed by atoms with E-state index in [-0.39, 0.29) is 5.91 Å². The number of anilines is 1. The number of nitrogens with two attached hydrogens (primary N) is 1. The molecule has 4 nitrogen and oxygen atoms in total. The molecule has 1 aromatic rings. The second kappa shape index (κ2) is 4.87. The van der Waals surface area contributed by atoms with Gasteiger partial charge in [-0.3, -0.25) is 4.79 Å². The van der Waals surface area contributed by atoms with Crippen LogP contribution in [0.5, 0.6) is 0 Å². The maximum absolute atomic E-state index is 11.2. The van der Waals surface area contributed by atoms with E-state index in [0.717, 1.165) is 28.6 Å². The molecule has 0 saturated heterocycles. The van der Waals surface area contributed by atoms with Crippen LogP contribution in [0.3, 0.4) is 0 Å². The van der Waals surface area contributed by atoms with Gasteiger partial charge in [0.25, 0.3) is 0 Å². The van der Waals surface area contributed by atoms with Crippen LogP contribution in [0.15, 0.2) is 22.8 Å². The first kappa shape index (κ1) is 12.1. The Labute approximate surface area is 109 Å². The molecule has 2 N–H and O–H groups in total. The van der Waals surface area contributed by atoms with E-state index in [1.165, 1.54) is 0 Å². The zero-order valence-corrected chi connectivity index (χ0v) is 11.2. The van der Waals surface area contributed by atoms with Gasteiger partial charge in [0.05, 0.1) is 0 Å². The number of pyridine rings is 1. The van der Waals surface area contributed by atoms with Crippen molar-refractivity contribution in [3.8, 4) is 0 Å². The summed E-state index contributed by atoms with van der Waals surface area (Å²) in [4.78, 5) is 17.1. The number of nitrogens with zero attached hydrogens (tertiary/aromatic N) is 2. The maximum atomic E-state index is 11.2. The van der Waals surface area contributed by atoms with E-state index in [4.69, 9.17) is 5.73 Å². The van der Waals surface area contributed by atoms with E-state index in [2.05, 4.69) is 20.9 Å². The third-order valence-electron chi connectivity index (χ3n) is 2.89. The highest BCUT2D eigenvalue weighted by molar-refractivity contribution is 9.10. The predicted molar refractivity (Wildman–Crippen MR) is 71.2 cm³/mol. The van der Waals surface area contributed by atoms with Crippen LogP contribution in [-0.2, 0) is 4.79 Å². The van der Waals surface area contributed by atoms with Gasteiger partial charge in [-0.1, -0.05) is 6.08 Å². The molecular formula is C12H14BrN3O. The summed E-state index contributed by atoms with van der Waals surface area (Å²) in [5.41, 5.74) is 7.98. The second-order valence-corrected chi connectivity index (χ2v) is 4.95. The fourth-order valence-corrected chi connectivity index (χ4v) is 2.24. The van der Waals surface area contributed by atoms with Gasteiger partial charge < -0.3 is 10.6 Å². The number of halogens is 1. The monoisotopic (exact) mass is 295 g/mol. The van der Waals surface area contributed by atoms with E-state index < -0.39 is 0 Å². The molecule has 1 aliphatic rings. The lowest BCUT2D eigenvalue weighted by Gasteiger charge is -2.25. The molecular weight excluding hydrogens is 282 g/mol. The highest BCUT2D eigenvalue weighted by atomic mass is 79.9. The molecule has 90 valence electrons. The number of amides is 1. The van der Waals surface area contributed by atoms with E-state index in [9.17, 15) is 4.79 Å². The van der Waals surface area contributed by atoms with Gasteiger partial charge in [-0.25, -0.2) is 4.98 Å². The molecule has 0 bridgehead atoms. The van der Waals surface area contributed by atoms with Gasteiger partial charge in [0.15, 0.2) is 0 Å². The standard InChI is InChI=1S/C12H14BrN3O/c1-8(17)16-4-2-9(3-5-16)11-6-10(13)7-15-12(11)14/h2,6-7H,3-5H2,1H3,(H2,14,15). The molecule has 2 heterocycles. The molecule has 1 aromatic heterocycles. The van der Waals surface area contributed by atoms with Crippen LogP contribution >= 0.6 is 15.9 Å². The SMILES string of the molecule is CC(=O)N1CC=C(c2cc(Br)cnc2N)CC1. The molecule has 0 fully saturated rings. The Kier molecular flexibility index (Phi) is 3.47. The van der Waals surface area contributed by atoms with Gasteiger partial charge >= 0.3 is 0 Å². The van der Waals surface area contributed by atoms with E-state index in [1.54, 1.807) is 13.1 Å². The van der Waals surface area contributed by atoms with E-state index >= 15 is 0 Å². The fraction of sp³-hybridized carbons (Fsp3) is 0.333. The van der Waals surface area contributed by atoms with Crippen molar-refractivity contribution in [2.45, 2.75) is 13.3 Å². The number of hydrogen-bond donors (Lipinski definition) is 1. The molecule has 17 heavy (non-hydrogen) atoms. The van der Waals surface area contributed by atoms with Crippen molar-refractivity contribution in [3.63, 3.8) is 0 Å². The number of nitrogen functional groups attached to an aromatic ring is 1. The minimum absolute atomic E-state index is 0.112. The topological polar surface area (TPSA) is 59.2 Å². The van der Waals surface area contributed by atoms with Gasteiger partial charge in [-0.15, -0.1) is 0 Å². The summed E-state index contributed by atoms with van der Waals surface area (Å²) in [5, 5.41) is 0. The summed E-state index contributed by atoms with van der Waals surface area (Å²) in [7, 11) is 0. The summed E-state index contributed by atoms with van der Waals surface area (Å²) in [6, 6.07) is 1.97. The third-order valence-corrected chi connectivity index (χ3v) is 3.32. The van der Waals surface area contributed by atoms with Crippen molar-refractivity contribution < 1.29 is 4.79 Å². The van der Waals surface area contributed by atoms with Crippen LogP contribution in [0.2, 0.25) is 0 Å². The van der Waals surface area contributed by atoms with Crippen molar-refractivity contribution in [2.24, 2.45) is 0 Å². The van der Waals surface area contributed by atoms with E-state index in [0.29, 0.717) is 12.4 Å². The number of carbonyl (C=O) groups excluding carboxylic acids is 1. The molecule has 0 spiro atoms. The van der Waals surface area contributed by atoms with Gasteiger partial charge in [0.1, 0.15) is 5.82 Å². The van der Waals surface area contributed by atoms with Crippen LogP contribution < -0.4 is 5.73 Å². The Balaban J connectivity index is 2.24. The van der Waals surface area contributed by atoms with Crippen molar-refractivity contribution in [1.29, 1.82) is 0 Å². The number of hydrogen-bond acceptors (Lipinski definition) is 3. The lowest BCUT2D eigenvalue weighted by atomic mass is 10.00. The lowest BCUT2D eigenvalue weighted by Crippen LogP contribution is -2.32. The van der Waals surface area contributed by atoms with Crippen molar-refractivity contribution >= 4 is 33.2 Å². The van der Waals surface area contributed by atoms with Gasteiger partial charge in [-0.05, 0) is 34.0 Å². The van der Waals surface area contributed by atoms with Crippen LogP contribution in [0, 0.1) is 0 Å². The largest absolute Gasteiger partial charge is 0.383 e. The Bertz CT molecular complexity index is 485. The summed E-state index contributed by atoms with van der Waals surface area (Å²) >= 11 is 3.39. The Morgan fingerprint density at radius 2 is 2.35 bits per heavy atom. The van der Waals surface area contributed by atoms with Crippen molar-refractivity contribution in [2.75, 3.05) is 18.8 Å². The minimum atomic E-state index is 0.112. The quantitative estimate of drug-likeness (QED) is 0.863. The van der Waals surface area contributed by atoms with Crippen molar-refractivity contribution in [3.05, 3.63) is 28.4 Å². The Morgan fingerprint density at radius 1 is 1.59 bits per heavy atom. The van der Waals surface area contributed by atoms with Crippen LogP contribution in [0.25, 0.3) is 5.57 Å². The molecule has 0 aliphatic carbocycles. The first-order chi connectivity index (χ1) is 8.08. The smallest absolute Gasteiger partial charge is 0.219 e. The number of carbonyl (C=O) groups is 1. The summed E-state index contributed by atoms with van der Waals surface area (Å²) < 4.78 is 0.914. The summed E-state index contributed by atoms with van der Waals surface area (Å²) in [6.07, 6.45) is 4.55. The molecule has 0 saturated carbocycles. The fourth-order valence-electron chi connectivity index (χ4n) is 1.91. The Hall–Kier alpha value is -1.36. The van der Waals surface area contributed by atoms with Gasteiger partial charge in [-0.2, -0.15) is 0 Å². The molecule has 0 unspecified atom stereocenters. The number of aromatic nitrogens is 1. The van der Waals surface area contributed by atoms with Crippen LogP contribution in [0.4, 0.5) is 5.82 Å². The molecule has 0 radical (unpaired) electrons. The highest BCUT2D eigenvalue weighted by Crippen LogP contribution is 2.28. The first-order valence-electron chi connectivity index (χ1n) is 5.44. The maximum Gasteiger partial charge on any atom is 0.219 e. The first-order valence-corrected chi connectivity index (χ1v) is 6.23. The van der Waals surface area contributed by atoms with Crippen LogP contribution in [0.1, 0.15) is 18.9 Å². The molecule has 5 heteroatoms. The number of rotatable bonds is 1. The minimum Gasteiger partial charge on any atom is -0.383 e. The predicted octanol–water partition coefficient (Wildman–Crippen LogP) is 2.06. The molecule has 1 amide bonds. The van der Waals surface area contributed by atoms with Crippen molar-refractivity contribution in [1.82, 2.24) is 9.88 Å². The average Bonchev–Trinajstić information content (AvgIpc) is 2.32. The Morgan fingerprint density at radius 3 is 2.94 bits per heavy atom. The van der Waals surface area contributed by atoms with Gasteiger partial charge in [0, 0.05) is 36.2 Å². The normalized spacial score (nSPS) is 15.6. The molecule has 1 aliphatic heterocycles.